The van der Waals surface area contributed by atoms with Crippen LogP contribution in [0.25, 0.3) is 0 Å². The highest BCUT2D eigenvalue weighted by Crippen LogP contribution is 2.40. The Morgan fingerprint density at radius 3 is 2.44 bits per heavy atom. The minimum absolute atomic E-state index is 0. The third-order valence-corrected chi connectivity index (χ3v) is 3.82. The van der Waals surface area contributed by atoms with Crippen molar-refractivity contribution in [1.29, 1.82) is 0 Å². The van der Waals surface area contributed by atoms with E-state index < -0.39 is 5.82 Å². The SMILES string of the molecule is Cl.Fc1ccc(F)c2c1CCC1(CCNCC1)O2. The van der Waals surface area contributed by atoms with Gasteiger partial charge in [-0.15, -0.1) is 12.4 Å². The molecule has 2 aliphatic rings. The molecule has 0 atom stereocenters. The highest BCUT2D eigenvalue weighted by atomic mass is 35.5. The molecule has 1 aromatic rings. The van der Waals surface area contributed by atoms with E-state index >= 15 is 0 Å². The van der Waals surface area contributed by atoms with E-state index in [1.54, 1.807) is 0 Å². The standard InChI is InChI=1S/C13H15F2NO.ClH/c14-10-1-2-11(15)12-9(10)3-4-13(17-12)5-7-16-8-6-13;/h1-2,16H,3-8H2;1H. The molecule has 18 heavy (non-hydrogen) atoms. The van der Waals surface area contributed by atoms with Gasteiger partial charge >= 0.3 is 0 Å². The van der Waals surface area contributed by atoms with Crippen molar-refractivity contribution in [2.75, 3.05) is 13.1 Å². The quantitative estimate of drug-likeness (QED) is 0.786. The Kier molecular flexibility index (Phi) is 3.78. The molecule has 0 bridgehead atoms. The first-order valence-electron chi connectivity index (χ1n) is 6.07. The molecule has 0 aliphatic carbocycles. The molecule has 1 saturated heterocycles. The highest BCUT2D eigenvalue weighted by Gasteiger charge is 2.39. The summed E-state index contributed by atoms with van der Waals surface area (Å²) in [4.78, 5) is 0. The van der Waals surface area contributed by atoms with Gasteiger partial charge in [-0.3, -0.25) is 0 Å². The Hall–Kier alpha value is -0.870. The van der Waals surface area contributed by atoms with Gasteiger partial charge in [0, 0.05) is 5.56 Å². The van der Waals surface area contributed by atoms with Gasteiger partial charge in [-0.2, -0.15) is 0 Å². The van der Waals surface area contributed by atoms with Crippen molar-refractivity contribution in [1.82, 2.24) is 5.32 Å². The Morgan fingerprint density at radius 1 is 1.06 bits per heavy atom. The number of fused-ring (bicyclic) bond motifs is 1. The average Bonchev–Trinajstić information content (AvgIpc) is 2.35. The molecule has 1 aromatic carbocycles. The van der Waals surface area contributed by atoms with Crippen LogP contribution < -0.4 is 10.1 Å². The van der Waals surface area contributed by atoms with E-state index in [1.807, 2.05) is 0 Å². The zero-order valence-electron chi connectivity index (χ0n) is 9.97. The van der Waals surface area contributed by atoms with Crippen molar-refractivity contribution in [2.45, 2.75) is 31.3 Å². The molecule has 0 unspecified atom stereocenters. The monoisotopic (exact) mass is 275 g/mol. The van der Waals surface area contributed by atoms with Crippen molar-refractivity contribution < 1.29 is 13.5 Å². The lowest BCUT2D eigenvalue weighted by atomic mass is 9.83. The summed E-state index contributed by atoms with van der Waals surface area (Å²) in [7, 11) is 0. The maximum absolute atomic E-state index is 13.7. The lowest BCUT2D eigenvalue weighted by Gasteiger charge is -2.41. The van der Waals surface area contributed by atoms with Gasteiger partial charge in [-0.25, -0.2) is 8.78 Å². The lowest BCUT2D eigenvalue weighted by molar-refractivity contribution is 0.0122. The van der Waals surface area contributed by atoms with Crippen molar-refractivity contribution in [3.05, 3.63) is 29.3 Å². The number of piperidine rings is 1. The van der Waals surface area contributed by atoms with Crippen molar-refractivity contribution in [2.24, 2.45) is 0 Å². The molecule has 0 aromatic heterocycles. The summed E-state index contributed by atoms with van der Waals surface area (Å²) in [6, 6.07) is 2.33. The van der Waals surface area contributed by atoms with Crippen LogP contribution >= 0.6 is 12.4 Å². The second-order valence-corrected chi connectivity index (χ2v) is 4.87. The molecule has 1 N–H and O–H groups in total. The number of hydrogen-bond acceptors (Lipinski definition) is 2. The molecular formula is C13H16ClF2NO. The second kappa shape index (κ2) is 5.02. The molecular weight excluding hydrogens is 260 g/mol. The number of benzene rings is 1. The summed E-state index contributed by atoms with van der Waals surface area (Å²) in [5.41, 5.74) is 0.113. The lowest BCUT2D eigenvalue weighted by Crippen LogP contribution is -2.48. The van der Waals surface area contributed by atoms with Gasteiger partial charge in [0.05, 0.1) is 0 Å². The van der Waals surface area contributed by atoms with Crippen LogP contribution in [-0.2, 0) is 6.42 Å². The van der Waals surface area contributed by atoms with E-state index in [0.717, 1.165) is 38.4 Å². The Labute approximate surface area is 111 Å². The minimum atomic E-state index is -0.445. The maximum Gasteiger partial charge on any atom is 0.165 e. The van der Waals surface area contributed by atoms with Crippen LogP contribution in [0.2, 0.25) is 0 Å². The van der Waals surface area contributed by atoms with Crippen LogP contribution in [0.3, 0.4) is 0 Å². The first-order chi connectivity index (χ1) is 8.20. The third-order valence-electron chi connectivity index (χ3n) is 3.82. The third kappa shape index (κ3) is 2.19. The summed E-state index contributed by atoms with van der Waals surface area (Å²) in [6.07, 6.45) is 3.08. The van der Waals surface area contributed by atoms with Gasteiger partial charge < -0.3 is 10.1 Å². The van der Waals surface area contributed by atoms with E-state index in [4.69, 9.17) is 4.74 Å². The van der Waals surface area contributed by atoms with Gasteiger partial charge in [0.15, 0.2) is 11.6 Å². The van der Waals surface area contributed by atoms with Crippen molar-refractivity contribution in [3.8, 4) is 5.75 Å². The number of nitrogens with one attached hydrogen (secondary N) is 1. The Balaban J connectivity index is 0.00000120. The Morgan fingerprint density at radius 2 is 1.72 bits per heavy atom. The van der Waals surface area contributed by atoms with Crippen LogP contribution in [0.5, 0.6) is 5.75 Å². The summed E-state index contributed by atoms with van der Waals surface area (Å²) < 4.78 is 33.0. The first-order valence-corrected chi connectivity index (χ1v) is 6.07. The van der Waals surface area contributed by atoms with E-state index in [9.17, 15) is 8.78 Å². The summed E-state index contributed by atoms with van der Waals surface area (Å²) >= 11 is 0. The fourth-order valence-corrected chi connectivity index (χ4v) is 2.77. The van der Waals surface area contributed by atoms with Crippen LogP contribution in [0.4, 0.5) is 8.78 Å². The average molecular weight is 276 g/mol. The summed E-state index contributed by atoms with van der Waals surface area (Å²) in [5.74, 6) is -0.664. The number of hydrogen-bond donors (Lipinski definition) is 1. The van der Waals surface area contributed by atoms with Gasteiger partial charge in [-0.1, -0.05) is 0 Å². The maximum atomic E-state index is 13.7. The van der Waals surface area contributed by atoms with E-state index in [-0.39, 0.29) is 29.6 Å². The molecule has 2 aliphatic heterocycles. The first kappa shape index (κ1) is 13.6. The molecule has 1 spiro atoms. The van der Waals surface area contributed by atoms with E-state index in [0.29, 0.717) is 12.0 Å². The van der Waals surface area contributed by atoms with Gasteiger partial charge in [0.2, 0.25) is 0 Å². The number of rotatable bonds is 0. The van der Waals surface area contributed by atoms with Crippen LogP contribution in [0, 0.1) is 11.6 Å². The summed E-state index contributed by atoms with van der Waals surface area (Å²) in [5, 5.41) is 3.26. The second-order valence-electron chi connectivity index (χ2n) is 4.87. The van der Waals surface area contributed by atoms with Crippen molar-refractivity contribution in [3.63, 3.8) is 0 Å². The number of ether oxygens (including phenoxy) is 1. The summed E-state index contributed by atoms with van der Waals surface area (Å²) in [6.45, 7) is 1.76. The molecule has 2 heterocycles. The Bertz CT molecular complexity index is 447. The van der Waals surface area contributed by atoms with Crippen LogP contribution in [0.15, 0.2) is 12.1 Å². The highest BCUT2D eigenvalue weighted by molar-refractivity contribution is 5.85. The largest absolute Gasteiger partial charge is 0.484 e. The molecule has 5 heteroatoms. The molecule has 2 nitrogen and oxygen atoms in total. The van der Waals surface area contributed by atoms with E-state index in [1.165, 1.54) is 6.07 Å². The number of halogens is 3. The minimum Gasteiger partial charge on any atom is -0.484 e. The van der Waals surface area contributed by atoms with Crippen LogP contribution in [0.1, 0.15) is 24.8 Å². The molecule has 0 radical (unpaired) electrons. The molecule has 0 saturated carbocycles. The predicted molar refractivity (Wildman–Crippen MR) is 67.4 cm³/mol. The smallest absolute Gasteiger partial charge is 0.165 e. The van der Waals surface area contributed by atoms with Crippen molar-refractivity contribution >= 4 is 12.4 Å². The predicted octanol–water partition coefficient (Wildman–Crippen LogP) is 2.83. The molecule has 100 valence electrons. The topological polar surface area (TPSA) is 21.3 Å². The van der Waals surface area contributed by atoms with Crippen LogP contribution in [-0.4, -0.2) is 18.7 Å². The van der Waals surface area contributed by atoms with E-state index in [2.05, 4.69) is 5.32 Å². The zero-order chi connectivity index (χ0) is 11.9. The zero-order valence-corrected chi connectivity index (χ0v) is 10.8. The molecule has 1 fully saturated rings. The van der Waals surface area contributed by atoms with Gasteiger partial charge in [0.1, 0.15) is 11.4 Å². The fraction of sp³-hybridized carbons (Fsp3) is 0.538. The normalized spacial score (nSPS) is 20.8. The molecule has 3 rings (SSSR count). The van der Waals surface area contributed by atoms with Gasteiger partial charge in [-0.05, 0) is 50.9 Å². The van der Waals surface area contributed by atoms with Gasteiger partial charge in [0.25, 0.3) is 0 Å². The fourth-order valence-electron chi connectivity index (χ4n) is 2.77. The molecule has 0 amide bonds.